The summed E-state index contributed by atoms with van der Waals surface area (Å²) in [5.74, 6) is 0.337. The van der Waals surface area contributed by atoms with E-state index >= 15 is 0 Å². The molecule has 0 saturated heterocycles. The molecule has 0 aliphatic heterocycles. The van der Waals surface area contributed by atoms with Crippen molar-refractivity contribution >= 4 is 34.9 Å². The van der Waals surface area contributed by atoms with Crippen LogP contribution >= 0.6 is 23.2 Å². The summed E-state index contributed by atoms with van der Waals surface area (Å²) in [5.41, 5.74) is 9.13. The molecule has 2 aromatic carbocycles. The van der Waals surface area contributed by atoms with Gasteiger partial charge in [-0.15, -0.1) is 0 Å². The van der Waals surface area contributed by atoms with Gasteiger partial charge in [-0.2, -0.15) is 0 Å². The zero-order valence-electron chi connectivity index (χ0n) is 18.4. The molecule has 5 N–H and O–H groups in total. The normalized spacial score (nSPS) is 12.8. The minimum absolute atomic E-state index is 0.0883. The number of nitrogens with one attached hydrogen (secondary N) is 2. The molecule has 33 heavy (non-hydrogen) atoms. The Morgan fingerprint density at radius 3 is 2.64 bits per heavy atom. The van der Waals surface area contributed by atoms with E-state index < -0.39 is 6.10 Å². The molecule has 6 nitrogen and oxygen atoms in total. The van der Waals surface area contributed by atoms with Crippen LogP contribution in [0.3, 0.4) is 0 Å². The minimum Gasteiger partial charge on any atom is -0.387 e. The summed E-state index contributed by atoms with van der Waals surface area (Å²) >= 11 is 12.2. The molecule has 8 heteroatoms. The van der Waals surface area contributed by atoms with Crippen LogP contribution in [0.1, 0.15) is 35.3 Å². The maximum atomic E-state index is 12.4. The average molecular weight is 487 g/mol. The predicted molar refractivity (Wildman–Crippen MR) is 133 cm³/mol. The van der Waals surface area contributed by atoms with Crippen LogP contribution in [0, 0.1) is 0 Å². The van der Waals surface area contributed by atoms with Crippen molar-refractivity contribution in [2.45, 2.75) is 38.5 Å². The second-order valence-electron chi connectivity index (χ2n) is 8.03. The Morgan fingerprint density at radius 2 is 1.88 bits per heavy atom. The lowest BCUT2D eigenvalue weighted by molar-refractivity contribution is -0.120. The van der Waals surface area contributed by atoms with Crippen LogP contribution in [0.5, 0.6) is 0 Å². The Bertz CT molecular complexity index is 1080. The van der Waals surface area contributed by atoms with Crippen LogP contribution in [0.4, 0.5) is 5.82 Å². The monoisotopic (exact) mass is 486 g/mol. The molecule has 0 aliphatic rings. The number of nitrogens with zero attached hydrogens (tertiary/aromatic N) is 1. The van der Waals surface area contributed by atoms with Crippen molar-refractivity contribution in [3.63, 3.8) is 0 Å². The van der Waals surface area contributed by atoms with Crippen molar-refractivity contribution in [3.8, 4) is 0 Å². The van der Waals surface area contributed by atoms with Crippen molar-refractivity contribution in [3.05, 3.63) is 93.1 Å². The van der Waals surface area contributed by atoms with E-state index in [0.717, 1.165) is 28.7 Å². The first-order valence-electron chi connectivity index (χ1n) is 10.7. The number of halogens is 2. The van der Waals surface area contributed by atoms with Gasteiger partial charge in [0.1, 0.15) is 5.82 Å². The maximum Gasteiger partial charge on any atom is 0.224 e. The van der Waals surface area contributed by atoms with Crippen molar-refractivity contribution in [1.29, 1.82) is 0 Å². The van der Waals surface area contributed by atoms with E-state index in [4.69, 9.17) is 28.9 Å². The third-order valence-corrected chi connectivity index (χ3v) is 6.12. The number of carbonyl (C=O) groups is 1. The molecule has 0 bridgehead atoms. The summed E-state index contributed by atoms with van der Waals surface area (Å²) in [5, 5.41) is 17.5. The Morgan fingerprint density at radius 1 is 1.12 bits per heavy atom. The van der Waals surface area contributed by atoms with E-state index in [0.29, 0.717) is 29.0 Å². The number of aliphatic hydroxyl groups is 1. The fourth-order valence-electron chi connectivity index (χ4n) is 3.46. The van der Waals surface area contributed by atoms with E-state index in [-0.39, 0.29) is 18.4 Å². The number of rotatable bonds is 10. The van der Waals surface area contributed by atoms with Gasteiger partial charge in [-0.1, -0.05) is 65.7 Å². The third kappa shape index (κ3) is 7.72. The quantitative estimate of drug-likeness (QED) is 0.345. The zero-order valence-corrected chi connectivity index (χ0v) is 19.9. The predicted octanol–water partition coefficient (Wildman–Crippen LogP) is 4.08. The summed E-state index contributed by atoms with van der Waals surface area (Å²) in [6.45, 7) is 2.79. The maximum absolute atomic E-state index is 12.4. The number of aromatic nitrogens is 1. The topological polar surface area (TPSA) is 100 Å². The van der Waals surface area contributed by atoms with Crippen LogP contribution in [-0.2, 0) is 24.2 Å². The van der Waals surface area contributed by atoms with Gasteiger partial charge >= 0.3 is 0 Å². The Labute approximate surface area is 204 Å². The molecule has 0 fully saturated rings. The fraction of sp³-hybridized carbons (Fsp3) is 0.280. The van der Waals surface area contributed by atoms with Gasteiger partial charge in [0, 0.05) is 30.9 Å². The van der Waals surface area contributed by atoms with Crippen LogP contribution in [0.25, 0.3) is 0 Å². The summed E-state index contributed by atoms with van der Waals surface area (Å²) < 4.78 is 0. The standard InChI is InChI=1S/C25H28Cl2N4O2/c1-16(29-15-22(32)19-8-9-23(28)30-13-19)10-17-4-2-5-18(11-17)12-24(33)31-14-20-6-3-7-21(26)25(20)27/h2-9,11,13,16,22,29,32H,10,12,14-15H2,1H3,(H2,28,30)(H,31,33)/t16-,22+/m1/s1. The molecular weight excluding hydrogens is 459 g/mol. The zero-order chi connectivity index (χ0) is 23.8. The Kier molecular flexibility index (Phi) is 9.09. The molecule has 3 aromatic rings. The van der Waals surface area contributed by atoms with E-state index in [9.17, 15) is 9.90 Å². The number of aliphatic hydroxyl groups excluding tert-OH is 1. The van der Waals surface area contributed by atoms with Gasteiger partial charge in [0.25, 0.3) is 0 Å². The molecule has 0 unspecified atom stereocenters. The van der Waals surface area contributed by atoms with Crippen molar-refractivity contribution in [2.24, 2.45) is 0 Å². The Balaban J connectivity index is 1.47. The number of anilines is 1. The van der Waals surface area contributed by atoms with Crippen molar-refractivity contribution in [1.82, 2.24) is 15.6 Å². The van der Waals surface area contributed by atoms with E-state index in [2.05, 4.69) is 22.5 Å². The first kappa shape index (κ1) is 25.0. The Hall–Kier alpha value is -2.64. The van der Waals surface area contributed by atoms with Crippen molar-refractivity contribution in [2.75, 3.05) is 12.3 Å². The third-order valence-electron chi connectivity index (χ3n) is 5.26. The van der Waals surface area contributed by atoms with E-state index in [1.807, 2.05) is 30.3 Å². The number of hydrogen-bond donors (Lipinski definition) is 4. The SMILES string of the molecule is C[C@H](Cc1cccc(CC(=O)NCc2cccc(Cl)c2Cl)c1)NC[C@H](O)c1ccc(N)nc1. The first-order valence-corrected chi connectivity index (χ1v) is 11.5. The number of pyridine rings is 1. The molecule has 0 radical (unpaired) electrons. The molecular formula is C25H28Cl2N4O2. The van der Waals surface area contributed by atoms with Gasteiger partial charge in [-0.05, 0) is 42.2 Å². The molecule has 174 valence electrons. The molecule has 3 rings (SSSR count). The fourth-order valence-corrected chi connectivity index (χ4v) is 3.85. The van der Waals surface area contributed by atoms with Gasteiger partial charge in [0.05, 0.1) is 22.6 Å². The molecule has 1 heterocycles. The van der Waals surface area contributed by atoms with Gasteiger partial charge < -0.3 is 21.5 Å². The average Bonchev–Trinajstić information content (AvgIpc) is 2.79. The lowest BCUT2D eigenvalue weighted by atomic mass is 10.0. The molecule has 1 aromatic heterocycles. The first-order chi connectivity index (χ1) is 15.8. The highest BCUT2D eigenvalue weighted by molar-refractivity contribution is 6.42. The molecule has 1 amide bonds. The molecule has 2 atom stereocenters. The van der Waals surface area contributed by atoms with Crippen LogP contribution in [0.15, 0.2) is 60.8 Å². The number of hydrogen-bond acceptors (Lipinski definition) is 5. The summed E-state index contributed by atoms with van der Waals surface area (Å²) in [6.07, 6.45) is 1.96. The van der Waals surface area contributed by atoms with E-state index in [1.165, 1.54) is 0 Å². The summed E-state index contributed by atoms with van der Waals surface area (Å²) in [6, 6.07) is 16.9. The molecule has 0 spiro atoms. The second-order valence-corrected chi connectivity index (χ2v) is 8.82. The van der Waals surface area contributed by atoms with E-state index in [1.54, 1.807) is 30.5 Å². The van der Waals surface area contributed by atoms with Gasteiger partial charge in [0.15, 0.2) is 0 Å². The lowest BCUT2D eigenvalue weighted by Gasteiger charge is -2.18. The largest absolute Gasteiger partial charge is 0.387 e. The number of nitrogens with two attached hydrogens (primary N) is 1. The molecule has 0 saturated carbocycles. The van der Waals surface area contributed by atoms with Gasteiger partial charge in [-0.3, -0.25) is 4.79 Å². The number of benzene rings is 2. The van der Waals surface area contributed by atoms with Crippen LogP contribution in [0.2, 0.25) is 10.0 Å². The number of carbonyl (C=O) groups excluding carboxylic acids is 1. The highest BCUT2D eigenvalue weighted by Crippen LogP contribution is 2.25. The number of amides is 1. The minimum atomic E-state index is -0.663. The summed E-state index contributed by atoms with van der Waals surface area (Å²) in [4.78, 5) is 16.4. The number of nitrogen functional groups attached to an aromatic ring is 1. The summed E-state index contributed by atoms with van der Waals surface area (Å²) in [7, 11) is 0. The lowest BCUT2D eigenvalue weighted by Crippen LogP contribution is -2.32. The van der Waals surface area contributed by atoms with Gasteiger partial charge in [0.2, 0.25) is 5.91 Å². The highest BCUT2D eigenvalue weighted by Gasteiger charge is 2.12. The van der Waals surface area contributed by atoms with Crippen LogP contribution in [-0.4, -0.2) is 28.6 Å². The second kappa shape index (κ2) is 12.0. The highest BCUT2D eigenvalue weighted by atomic mass is 35.5. The smallest absolute Gasteiger partial charge is 0.224 e. The van der Waals surface area contributed by atoms with Gasteiger partial charge in [-0.25, -0.2) is 4.98 Å². The van der Waals surface area contributed by atoms with Crippen LogP contribution < -0.4 is 16.4 Å². The van der Waals surface area contributed by atoms with Crippen molar-refractivity contribution < 1.29 is 9.90 Å². The molecule has 0 aliphatic carbocycles.